The van der Waals surface area contributed by atoms with E-state index in [1.807, 2.05) is 5.32 Å². The van der Waals surface area contributed by atoms with Gasteiger partial charge in [0.05, 0.1) is 8.22 Å². The van der Waals surface area contributed by atoms with Gasteiger partial charge in [0.2, 0.25) is 11.8 Å². The number of benzene rings is 1. The minimum Gasteiger partial charge on any atom is -0.385 e. The van der Waals surface area contributed by atoms with Crippen LogP contribution in [0.5, 0.6) is 0 Å². The van der Waals surface area contributed by atoms with E-state index in [1.54, 1.807) is 0 Å². The fraction of sp³-hybridized carbons (Fsp3) is 0.550. The Morgan fingerprint density at radius 2 is 2.12 bits per heavy atom. The van der Waals surface area contributed by atoms with Crippen molar-refractivity contribution in [1.29, 1.82) is 0 Å². The predicted octanol–water partition coefficient (Wildman–Crippen LogP) is 1.47. The van der Waals surface area contributed by atoms with Crippen molar-refractivity contribution in [3.8, 4) is 0 Å². The van der Waals surface area contributed by atoms with E-state index in [4.69, 9.17) is 12.3 Å². The van der Waals surface area contributed by atoms with Crippen molar-refractivity contribution < 1.29 is 31.8 Å². The quantitative estimate of drug-likeness (QED) is 0.795. The number of Topliss-reactive ketones (excluding diaryl/α,β-unsaturated/α-hetero) is 1. The molecule has 6 heteroatoms. The molecular formula is C20H28N2O4. The van der Waals surface area contributed by atoms with Crippen molar-refractivity contribution in [2.45, 2.75) is 45.7 Å². The molecule has 0 unspecified atom stereocenters. The second kappa shape index (κ2) is 8.45. The molecule has 1 heterocycles. The van der Waals surface area contributed by atoms with Crippen molar-refractivity contribution in [3.63, 3.8) is 0 Å². The van der Waals surface area contributed by atoms with Gasteiger partial charge in [0, 0.05) is 30.0 Å². The zero-order valence-corrected chi connectivity index (χ0v) is 15.1. The van der Waals surface area contributed by atoms with Gasteiger partial charge < -0.3 is 15.3 Å². The zero-order chi connectivity index (χ0) is 27.5. The largest absolute Gasteiger partial charge is 0.385 e. The molecule has 1 aromatic carbocycles. The molecule has 1 aliphatic heterocycles. The van der Waals surface area contributed by atoms with Crippen molar-refractivity contribution in [2.24, 2.45) is 11.8 Å². The molecule has 142 valence electrons. The van der Waals surface area contributed by atoms with Crippen LogP contribution in [0.25, 0.3) is 0 Å². The SMILES string of the molecule is [2H]c1c([2H])c([2H])c2c(c1[2H])CC([2H])([2H])N(C)C(=O)[C@@]2([2H])NC(=O)[C@]([2H])(C)CC(=O)[C@@]([2H])(O)C(C)C. The van der Waals surface area contributed by atoms with E-state index in [0.29, 0.717) is 4.90 Å². The molecular weight excluding hydrogens is 332 g/mol. The van der Waals surface area contributed by atoms with Gasteiger partial charge in [-0.15, -0.1) is 0 Å². The highest BCUT2D eigenvalue weighted by atomic mass is 16.3. The van der Waals surface area contributed by atoms with Crippen LogP contribution in [0.15, 0.2) is 24.2 Å². The molecule has 0 spiro atoms. The minimum atomic E-state index is -2.97. The molecule has 2 amide bonds. The molecule has 0 aliphatic carbocycles. The molecule has 0 bridgehead atoms. The second-order valence-corrected chi connectivity index (χ2v) is 6.30. The number of nitrogens with one attached hydrogen (secondary N) is 1. The van der Waals surface area contributed by atoms with Gasteiger partial charge in [-0.05, 0) is 23.5 Å². The molecule has 3 atom stereocenters. The van der Waals surface area contributed by atoms with Crippen LogP contribution in [-0.2, 0) is 20.8 Å². The number of hydrogen-bond acceptors (Lipinski definition) is 4. The van der Waals surface area contributed by atoms with Gasteiger partial charge in [0.15, 0.2) is 5.78 Å². The summed E-state index contributed by atoms with van der Waals surface area (Å²) in [7, 11) is 1.01. The Morgan fingerprint density at radius 1 is 1.46 bits per heavy atom. The Hall–Kier alpha value is -2.21. The highest BCUT2D eigenvalue weighted by Crippen LogP contribution is 2.25. The number of nitrogens with zero attached hydrogens (tertiary/aromatic N) is 1. The number of carbonyl (C=O) groups is 3. The fourth-order valence-electron chi connectivity index (χ4n) is 2.30. The van der Waals surface area contributed by atoms with Gasteiger partial charge in [-0.1, -0.05) is 44.9 Å². The summed E-state index contributed by atoms with van der Waals surface area (Å²) in [4.78, 5) is 39.3. The van der Waals surface area contributed by atoms with Crippen LogP contribution in [-0.4, -0.2) is 47.2 Å². The van der Waals surface area contributed by atoms with Crippen molar-refractivity contribution >= 4 is 17.6 Å². The van der Waals surface area contributed by atoms with Gasteiger partial charge in [-0.3, -0.25) is 14.4 Å². The fourth-order valence-corrected chi connectivity index (χ4v) is 2.30. The first-order valence-corrected chi connectivity index (χ1v) is 8.09. The van der Waals surface area contributed by atoms with Crippen LogP contribution in [0, 0.1) is 11.8 Å². The number of hydrogen-bond donors (Lipinski definition) is 2. The van der Waals surface area contributed by atoms with E-state index in [2.05, 4.69) is 0 Å². The average molecular weight is 370 g/mol. The maximum atomic E-state index is 13.3. The zero-order valence-electron chi connectivity index (χ0n) is 24.1. The van der Waals surface area contributed by atoms with Crippen molar-refractivity contribution in [1.82, 2.24) is 10.2 Å². The summed E-state index contributed by atoms with van der Waals surface area (Å²) < 4.78 is 73.7. The molecule has 0 aromatic heterocycles. The lowest BCUT2D eigenvalue weighted by Crippen LogP contribution is -2.43. The number of likely N-dealkylation sites (N-methyl/N-ethyl adjacent to an activating group) is 1. The lowest BCUT2D eigenvalue weighted by atomic mass is 9.94. The van der Waals surface area contributed by atoms with E-state index in [1.165, 1.54) is 13.8 Å². The average Bonchev–Trinajstić information content (AvgIpc) is 2.78. The third kappa shape index (κ3) is 4.49. The van der Waals surface area contributed by atoms with Crippen LogP contribution in [0.4, 0.5) is 0 Å². The summed E-state index contributed by atoms with van der Waals surface area (Å²) in [5, 5.41) is 12.1. The standard InChI is InChI=1S/C20H28N2O4/c1-12(2)18(24)16(23)11-13(3)19(25)21-17-15-8-6-5-7-14(15)9-10-22(4)20(17)26/h5-8,12-13,17-18,24H,9-11H2,1-4H3,(H,21,25)/t13-,17+,18+/m1/s1/i5D,6D,7D,8D,10D2,13D,17D,18D. The highest BCUT2D eigenvalue weighted by Gasteiger charge is 2.32. The van der Waals surface area contributed by atoms with Crippen LogP contribution < -0.4 is 5.32 Å². The molecule has 0 saturated heterocycles. The van der Waals surface area contributed by atoms with Gasteiger partial charge >= 0.3 is 0 Å². The van der Waals surface area contributed by atoms with E-state index in [9.17, 15) is 19.5 Å². The highest BCUT2D eigenvalue weighted by molar-refractivity contribution is 5.92. The van der Waals surface area contributed by atoms with Crippen LogP contribution >= 0.6 is 0 Å². The summed E-state index contributed by atoms with van der Waals surface area (Å²) >= 11 is 0. The molecule has 2 rings (SSSR count). The molecule has 26 heavy (non-hydrogen) atoms. The van der Waals surface area contributed by atoms with Gasteiger partial charge in [-0.2, -0.15) is 0 Å². The van der Waals surface area contributed by atoms with Crippen LogP contribution in [0.1, 0.15) is 56.7 Å². The number of rotatable bonds is 6. The van der Waals surface area contributed by atoms with Gasteiger partial charge in [0.25, 0.3) is 0 Å². The first kappa shape index (κ1) is 10.8. The second-order valence-electron chi connectivity index (χ2n) is 6.30. The number of ketones is 1. The number of fused-ring (bicyclic) bond motifs is 1. The smallest absolute Gasteiger partial charge is 0.249 e. The van der Waals surface area contributed by atoms with E-state index < -0.39 is 96.1 Å². The Bertz CT molecular complexity index is 1090. The molecule has 1 aliphatic rings. The normalized spacial score (nSPS) is 31.7. The number of aliphatic hydroxyl groups is 1. The van der Waals surface area contributed by atoms with Crippen LogP contribution in [0.2, 0.25) is 0 Å². The molecule has 1 aromatic rings. The first-order chi connectivity index (χ1) is 15.6. The summed E-state index contributed by atoms with van der Waals surface area (Å²) in [5.74, 6) is -7.14. The first-order valence-electron chi connectivity index (χ1n) is 12.6. The maximum absolute atomic E-state index is 13.3. The summed E-state index contributed by atoms with van der Waals surface area (Å²) in [6, 6.07) is -6.01. The maximum Gasteiger partial charge on any atom is 0.249 e. The van der Waals surface area contributed by atoms with E-state index >= 15 is 0 Å². The van der Waals surface area contributed by atoms with E-state index in [0.717, 1.165) is 14.0 Å². The van der Waals surface area contributed by atoms with E-state index in [-0.39, 0.29) is 0 Å². The number of amides is 2. The van der Waals surface area contributed by atoms with Gasteiger partial charge in [0.1, 0.15) is 12.1 Å². The molecule has 6 nitrogen and oxygen atoms in total. The predicted molar refractivity (Wildman–Crippen MR) is 98.3 cm³/mol. The third-order valence-electron chi connectivity index (χ3n) is 3.91. The summed E-state index contributed by atoms with van der Waals surface area (Å²) in [6.07, 6.45) is -4.26. The number of carbonyl (C=O) groups excluding carboxylic acids is 3. The summed E-state index contributed by atoms with van der Waals surface area (Å²) in [5.41, 5.74) is -1.06. The van der Waals surface area contributed by atoms with Crippen molar-refractivity contribution in [2.75, 3.05) is 13.5 Å². The Morgan fingerprint density at radius 3 is 2.77 bits per heavy atom. The molecule has 0 saturated carbocycles. The Balaban J connectivity index is 2.66. The third-order valence-corrected chi connectivity index (χ3v) is 3.91. The summed E-state index contributed by atoms with van der Waals surface area (Å²) in [6.45, 7) is 1.26. The lowest BCUT2D eigenvalue weighted by Gasteiger charge is -2.24. The van der Waals surface area contributed by atoms with Crippen LogP contribution in [0.3, 0.4) is 0 Å². The monoisotopic (exact) mass is 369 g/mol. The molecule has 0 radical (unpaired) electrons. The topological polar surface area (TPSA) is 86.7 Å². The molecule has 2 N–H and O–H groups in total. The Kier molecular flexibility index (Phi) is 3.52. The minimum absolute atomic E-state index is 0.392. The lowest BCUT2D eigenvalue weighted by molar-refractivity contribution is -0.137. The molecule has 0 fully saturated rings. The Labute approximate surface area is 167 Å². The van der Waals surface area contributed by atoms with Crippen molar-refractivity contribution in [3.05, 3.63) is 35.3 Å². The van der Waals surface area contributed by atoms with Gasteiger partial charge in [-0.25, -0.2) is 0 Å².